The van der Waals surface area contributed by atoms with Crippen LogP contribution in [0.4, 0.5) is 11.4 Å². The second-order valence-corrected chi connectivity index (χ2v) is 7.03. The second kappa shape index (κ2) is 10.4. The van der Waals surface area contributed by atoms with Gasteiger partial charge in [0.1, 0.15) is 5.75 Å². The minimum Gasteiger partial charge on any atom is -0.493 e. The van der Waals surface area contributed by atoms with E-state index in [-0.39, 0.29) is 16.9 Å². The molecule has 28 heavy (non-hydrogen) atoms. The van der Waals surface area contributed by atoms with Gasteiger partial charge in [-0.25, -0.2) is 0 Å². The molecule has 0 aromatic heterocycles. The van der Waals surface area contributed by atoms with E-state index in [1.165, 1.54) is 0 Å². The van der Waals surface area contributed by atoms with Crippen molar-refractivity contribution in [1.29, 1.82) is 0 Å². The SMILES string of the molecule is CCC(=O)NC(=S)Nc1ccc(NC(=O)c2cccc(OCC(C)C)c2)cc1. The molecule has 0 saturated heterocycles. The normalized spacial score (nSPS) is 10.3. The Bertz CT molecular complexity index is 835. The number of hydrogen-bond donors (Lipinski definition) is 3. The fraction of sp³-hybridized carbons (Fsp3) is 0.286. The van der Waals surface area contributed by atoms with Gasteiger partial charge in [0, 0.05) is 23.4 Å². The summed E-state index contributed by atoms with van der Waals surface area (Å²) in [5.41, 5.74) is 1.88. The van der Waals surface area contributed by atoms with Crippen molar-refractivity contribution in [3.05, 3.63) is 54.1 Å². The van der Waals surface area contributed by atoms with E-state index in [9.17, 15) is 9.59 Å². The van der Waals surface area contributed by atoms with Gasteiger partial charge in [-0.1, -0.05) is 26.8 Å². The lowest BCUT2D eigenvalue weighted by molar-refractivity contribution is -0.119. The zero-order chi connectivity index (χ0) is 20.5. The molecule has 0 unspecified atom stereocenters. The van der Waals surface area contributed by atoms with Gasteiger partial charge in [-0.2, -0.15) is 0 Å². The smallest absolute Gasteiger partial charge is 0.255 e. The molecule has 0 aliphatic rings. The number of amides is 2. The summed E-state index contributed by atoms with van der Waals surface area (Å²) in [4.78, 5) is 23.8. The number of rotatable bonds is 7. The molecule has 0 aliphatic heterocycles. The summed E-state index contributed by atoms with van der Waals surface area (Å²) in [6, 6.07) is 14.1. The van der Waals surface area contributed by atoms with E-state index in [1.807, 2.05) is 6.07 Å². The number of carbonyl (C=O) groups excluding carboxylic acids is 2. The Kier molecular flexibility index (Phi) is 7.95. The number of hydrogen-bond acceptors (Lipinski definition) is 4. The Labute approximate surface area is 170 Å². The van der Waals surface area contributed by atoms with Crippen molar-refractivity contribution >= 4 is 40.5 Å². The predicted molar refractivity (Wildman–Crippen MR) is 116 cm³/mol. The zero-order valence-electron chi connectivity index (χ0n) is 16.2. The average molecular weight is 400 g/mol. The highest BCUT2D eigenvalue weighted by Gasteiger charge is 2.08. The number of nitrogens with one attached hydrogen (secondary N) is 3. The van der Waals surface area contributed by atoms with Crippen LogP contribution >= 0.6 is 12.2 Å². The van der Waals surface area contributed by atoms with Crippen molar-refractivity contribution in [2.75, 3.05) is 17.2 Å². The van der Waals surface area contributed by atoms with Crippen LogP contribution in [0.25, 0.3) is 0 Å². The first-order valence-electron chi connectivity index (χ1n) is 9.12. The third kappa shape index (κ3) is 7.00. The largest absolute Gasteiger partial charge is 0.493 e. The Morgan fingerprint density at radius 1 is 1.04 bits per heavy atom. The summed E-state index contributed by atoms with van der Waals surface area (Å²) in [7, 11) is 0. The molecule has 148 valence electrons. The van der Waals surface area contributed by atoms with Crippen LogP contribution in [-0.2, 0) is 4.79 Å². The lowest BCUT2D eigenvalue weighted by Crippen LogP contribution is -2.33. The van der Waals surface area contributed by atoms with Crippen molar-refractivity contribution in [2.24, 2.45) is 5.92 Å². The fourth-order valence-electron chi connectivity index (χ4n) is 2.21. The minimum absolute atomic E-state index is 0.152. The van der Waals surface area contributed by atoms with Gasteiger partial charge in [0.2, 0.25) is 5.91 Å². The maximum absolute atomic E-state index is 12.5. The summed E-state index contributed by atoms with van der Waals surface area (Å²) in [5, 5.41) is 8.57. The predicted octanol–water partition coefficient (Wildman–Crippen LogP) is 4.20. The van der Waals surface area contributed by atoms with E-state index < -0.39 is 0 Å². The van der Waals surface area contributed by atoms with Crippen LogP contribution in [0.15, 0.2) is 48.5 Å². The minimum atomic E-state index is -0.221. The summed E-state index contributed by atoms with van der Waals surface area (Å²) in [5.74, 6) is 0.707. The van der Waals surface area contributed by atoms with Crippen LogP contribution in [0, 0.1) is 5.92 Å². The molecule has 0 aliphatic carbocycles. The van der Waals surface area contributed by atoms with Gasteiger partial charge in [-0.3, -0.25) is 9.59 Å². The summed E-state index contributed by atoms with van der Waals surface area (Å²) in [6.07, 6.45) is 0.358. The number of ether oxygens (including phenoxy) is 1. The van der Waals surface area contributed by atoms with Gasteiger partial charge in [-0.15, -0.1) is 0 Å². The maximum Gasteiger partial charge on any atom is 0.255 e. The standard InChI is InChI=1S/C21H25N3O3S/c1-4-19(25)24-21(28)23-17-10-8-16(9-11-17)22-20(26)15-6-5-7-18(12-15)27-13-14(2)3/h5-12,14H,4,13H2,1-3H3,(H,22,26)(H2,23,24,25,28). The Morgan fingerprint density at radius 2 is 1.68 bits per heavy atom. The van der Waals surface area contributed by atoms with Crippen LogP contribution < -0.4 is 20.7 Å². The molecule has 3 N–H and O–H groups in total. The molecule has 7 heteroatoms. The fourth-order valence-corrected chi connectivity index (χ4v) is 2.44. The van der Waals surface area contributed by atoms with Crippen LogP contribution in [-0.4, -0.2) is 23.5 Å². The van der Waals surface area contributed by atoms with E-state index in [2.05, 4.69) is 29.8 Å². The highest BCUT2D eigenvalue weighted by Crippen LogP contribution is 2.18. The molecule has 0 radical (unpaired) electrons. The molecule has 2 aromatic carbocycles. The first-order valence-corrected chi connectivity index (χ1v) is 9.53. The van der Waals surface area contributed by atoms with Gasteiger partial charge >= 0.3 is 0 Å². The zero-order valence-corrected chi connectivity index (χ0v) is 17.1. The van der Waals surface area contributed by atoms with Crippen molar-refractivity contribution in [3.63, 3.8) is 0 Å². The van der Waals surface area contributed by atoms with Crippen molar-refractivity contribution in [3.8, 4) is 5.75 Å². The molecular formula is C21H25N3O3S. The molecule has 2 rings (SSSR count). The summed E-state index contributed by atoms with van der Waals surface area (Å²) >= 11 is 5.07. The van der Waals surface area contributed by atoms with Gasteiger partial charge in [0.15, 0.2) is 5.11 Å². The Morgan fingerprint density at radius 3 is 2.29 bits per heavy atom. The third-order valence-corrected chi connectivity index (χ3v) is 3.86. The number of anilines is 2. The third-order valence-electron chi connectivity index (χ3n) is 3.65. The van der Waals surface area contributed by atoms with Gasteiger partial charge < -0.3 is 20.7 Å². The van der Waals surface area contributed by atoms with Crippen molar-refractivity contribution < 1.29 is 14.3 Å². The molecule has 2 amide bonds. The van der Waals surface area contributed by atoms with Crippen molar-refractivity contribution in [1.82, 2.24) is 5.32 Å². The molecule has 6 nitrogen and oxygen atoms in total. The lowest BCUT2D eigenvalue weighted by Gasteiger charge is -2.11. The Balaban J connectivity index is 1.94. The van der Waals surface area contributed by atoms with Crippen LogP contribution in [0.2, 0.25) is 0 Å². The topological polar surface area (TPSA) is 79.5 Å². The number of thiocarbonyl (C=S) groups is 1. The van der Waals surface area contributed by atoms with Gasteiger partial charge in [0.25, 0.3) is 5.91 Å². The quantitative estimate of drug-likeness (QED) is 0.608. The van der Waals surface area contributed by atoms with Gasteiger partial charge in [0.05, 0.1) is 6.61 Å². The van der Waals surface area contributed by atoms with E-state index in [1.54, 1.807) is 49.4 Å². The van der Waals surface area contributed by atoms with Crippen LogP contribution in [0.5, 0.6) is 5.75 Å². The highest BCUT2D eigenvalue weighted by molar-refractivity contribution is 7.80. The lowest BCUT2D eigenvalue weighted by atomic mass is 10.2. The monoisotopic (exact) mass is 399 g/mol. The maximum atomic E-state index is 12.5. The highest BCUT2D eigenvalue weighted by atomic mass is 32.1. The second-order valence-electron chi connectivity index (χ2n) is 6.62. The number of carbonyl (C=O) groups is 2. The summed E-state index contributed by atoms with van der Waals surface area (Å²) < 4.78 is 5.67. The molecule has 2 aromatic rings. The molecular weight excluding hydrogens is 374 g/mol. The molecule has 0 bridgehead atoms. The Hall–Kier alpha value is -2.93. The molecule has 0 fully saturated rings. The molecule has 0 spiro atoms. The van der Waals surface area contributed by atoms with E-state index in [4.69, 9.17) is 17.0 Å². The van der Waals surface area contributed by atoms with E-state index in [0.29, 0.717) is 41.6 Å². The van der Waals surface area contributed by atoms with Crippen LogP contribution in [0.3, 0.4) is 0 Å². The van der Waals surface area contributed by atoms with Crippen LogP contribution in [0.1, 0.15) is 37.6 Å². The summed E-state index contributed by atoms with van der Waals surface area (Å²) in [6.45, 7) is 6.49. The number of benzene rings is 2. The molecule has 0 saturated carbocycles. The van der Waals surface area contributed by atoms with E-state index >= 15 is 0 Å². The van der Waals surface area contributed by atoms with E-state index in [0.717, 1.165) is 0 Å². The molecule has 0 heterocycles. The first kappa shape index (κ1) is 21.4. The first-order chi connectivity index (χ1) is 13.4. The van der Waals surface area contributed by atoms with Gasteiger partial charge in [-0.05, 0) is 60.6 Å². The average Bonchev–Trinajstić information content (AvgIpc) is 2.68. The van der Waals surface area contributed by atoms with Crippen molar-refractivity contribution in [2.45, 2.75) is 27.2 Å². The molecule has 0 atom stereocenters.